The Balaban J connectivity index is 2.47. The molecule has 1 aromatic rings. The van der Waals surface area contributed by atoms with Gasteiger partial charge in [-0.25, -0.2) is 4.98 Å². The van der Waals surface area contributed by atoms with Crippen LogP contribution >= 0.6 is 12.2 Å². The molecule has 0 bridgehead atoms. The van der Waals surface area contributed by atoms with Gasteiger partial charge < -0.3 is 9.72 Å². The van der Waals surface area contributed by atoms with Crippen LogP contribution in [0.25, 0.3) is 0 Å². The van der Waals surface area contributed by atoms with Crippen molar-refractivity contribution < 1.29 is 4.74 Å². The highest BCUT2D eigenvalue weighted by Crippen LogP contribution is 2.38. The number of hydrogen-bond acceptors (Lipinski definition) is 3. The summed E-state index contributed by atoms with van der Waals surface area (Å²) in [4.78, 5) is 7.91. The summed E-state index contributed by atoms with van der Waals surface area (Å²) < 4.78 is 6.47. The lowest BCUT2D eigenvalue weighted by Gasteiger charge is -2.35. The van der Waals surface area contributed by atoms with Crippen molar-refractivity contribution in [2.24, 2.45) is 0 Å². The molecule has 17 heavy (non-hydrogen) atoms. The molecule has 2 rings (SSSR count). The maximum absolute atomic E-state index is 5.77. The lowest BCUT2D eigenvalue weighted by molar-refractivity contribution is -0.0517. The van der Waals surface area contributed by atoms with Crippen molar-refractivity contribution in [2.45, 2.75) is 51.6 Å². The van der Waals surface area contributed by atoms with Gasteiger partial charge in [-0.1, -0.05) is 31.5 Å². The number of nitrogens with one attached hydrogen (secondary N) is 1. The standard InChI is InChI=1S/C13H20N2OS/c1-9-10(2)14-12(15-11(9)17)13(16-3)7-5-4-6-8-13/h4-8H2,1-3H3,(H,14,15,17). The van der Waals surface area contributed by atoms with Gasteiger partial charge >= 0.3 is 0 Å². The molecule has 1 aliphatic rings. The van der Waals surface area contributed by atoms with Crippen LogP contribution in [-0.4, -0.2) is 17.1 Å². The van der Waals surface area contributed by atoms with Gasteiger partial charge in [-0.05, 0) is 26.7 Å². The third kappa shape index (κ3) is 2.29. The average molecular weight is 252 g/mol. The monoisotopic (exact) mass is 252 g/mol. The van der Waals surface area contributed by atoms with Gasteiger partial charge in [0.15, 0.2) is 0 Å². The Labute approximate surface area is 108 Å². The number of hydrogen-bond donors (Lipinski definition) is 1. The number of nitrogens with zero attached hydrogens (tertiary/aromatic N) is 1. The van der Waals surface area contributed by atoms with E-state index in [2.05, 4.69) is 9.97 Å². The lowest BCUT2D eigenvalue weighted by atomic mass is 9.84. The number of aromatic nitrogens is 2. The maximum Gasteiger partial charge on any atom is 0.140 e. The third-order valence-corrected chi connectivity index (χ3v) is 4.28. The van der Waals surface area contributed by atoms with Crippen LogP contribution in [0.2, 0.25) is 0 Å². The first-order valence-electron chi connectivity index (χ1n) is 6.22. The molecule has 0 spiro atoms. The molecular formula is C13H20N2OS. The SMILES string of the molecule is COC1(c2nc(=S)c(C)c(C)[nH]2)CCCCC1. The van der Waals surface area contributed by atoms with E-state index < -0.39 is 0 Å². The first-order chi connectivity index (χ1) is 8.09. The van der Waals surface area contributed by atoms with Gasteiger partial charge in [-0.3, -0.25) is 0 Å². The molecule has 1 fully saturated rings. The summed E-state index contributed by atoms with van der Waals surface area (Å²) in [5.74, 6) is 0.910. The van der Waals surface area contributed by atoms with E-state index in [1.165, 1.54) is 19.3 Å². The molecule has 0 saturated heterocycles. The number of ether oxygens (including phenoxy) is 1. The second-order valence-corrected chi connectivity index (χ2v) is 5.29. The summed E-state index contributed by atoms with van der Waals surface area (Å²) in [5, 5.41) is 0. The summed E-state index contributed by atoms with van der Waals surface area (Å²) >= 11 is 5.31. The number of methoxy groups -OCH3 is 1. The van der Waals surface area contributed by atoms with Crippen molar-refractivity contribution >= 4 is 12.2 Å². The van der Waals surface area contributed by atoms with Crippen molar-refractivity contribution in [3.8, 4) is 0 Å². The summed E-state index contributed by atoms with van der Waals surface area (Å²) in [5.41, 5.74) is 1.91. The zero-order valence-electron chi connectivity index (χ0n) is 10.8. The van der Waals surface area contributed by atoms with E-state index in [9.17, 15) is 0 Å². The van der Waals surface area contributed by atoms with Crippen LogP contribution in [-0.2, 0) is 10.3 Å². The van der Waals surface area contributed by atoms with E-state index in [-0.39, 0.29) is 5.60 Å². The van der Waals surface area contributed by atoms with Crippen LogP contribution in [0.15, 0.2) is 0 Å². The van der Waals surface area contributed by atoms with Crippen molar-refractivity contribution in [2.75, 3.05) is 7.11 Å². The number of aryl methyl sites for hydroxylation is 1. The van der Waals surface area contributed by atoms with Gasteiger partial charge in [0.05, 0.1) is 0 Å². The molecule has 0 atom stereocenters. The molecule has 1 aliphatic carbocycles. The van der Waals surface area contributed by atoms with Crippen LogP contribution in [0.3, 0.4) is 0 Å². The number of aromatic amines is 1. The molecule has 1 N–H and O–H groups in total. The van der Waals surface area contributed by atoms with Gasteiger partial charge in [-0.2, -0.15) is 0 Å². The first kappa shape index (κ1) is 12.7. The van der Waals surface area contributed by atoms with Gasteiger partial charge in [0.2, 0.25) is 0 Å². The Morgan fingerprint density at radius 2 is 1.88 bits per heavy atom. The molecule has 3 nitrogen and oxygen atoms in total. The molecule has 0 aromatic carbocycles. The Morgan fingerprint density at radius 1 is 1.24 bits per heavy atom. The molecule has 0 amide bonds. The predicted octanol–water partition coefficient (Wildman–Crippen LogP) is 3.56. The summed E-state index contributed by atoms with van der Waals surface area (Å²) in [6, 6.07) is 0. The summed E-state index contributed by atoms with van der Waals surface area (Å²) in [6.07, 6.45) is 5.75. The lowest BCUT2D eigenvalue weighted by Crippen LogP contribution is -2.33. The Kier molecular flexibility index (Phi) is 3.64. The fourth-order valence-electron chi connectivity index (χ4n) is 2.52. The molecule has 0 unspecified atom stereocenters. The number of rotatable bonds is 2. The van der Waals surface area contributed by atoms with Crippen LogP contribution in [0, 0.1) is 18.5 Å². The van der Waals surface area contributed by atoms with Gasteiger partial charge in [0.1, 0.15) is 16.1 Å². The maximum atomic E-state index is 5.77. The Hall–Kier alpha value is -0.740. The zero-order chi connectivity index (χ0) is 12.5. The Morgan fingerprint density at radius 3 is 2.41 bits per heavy atom. The smallest absolute Gasteiger partial charge is 0.140 e. The third-order valence-electron chi connectivity index (χ3n) is 3.89. The predicted molar refractivity (Wildman–Crippen MR) is 70.7 cm³/mol. The van der Waals surface area contributed by atoms with Crippen LogP contribution < -0.4 is 0 Å². The van der Waals surface area contributed by atoms with Crippen LogP contribution in [0.5, 0.6) is 0 Å². The minimum Gasteiger partial charge on any atom is -0.370 e. The van der Waals surface area contributed by atoms with E-state index in [4.69, 9.17) is 17.0 Å². The highest BCUT2D eigenvalue weighted by molar-refractivity contribution is 7.71. The largest absolute Gasteiger partial charge is 0.370 e. The van der Waals surface area contributed by atoms with Crippen LogP contribution in [0.1, 0.15) is 49.2 Å². The van der Waals surface area contributed by atoms with Gasteiger partial charge in [0, 0.05) is 18.4 Å². The minimum absolute atomic E-state index is 0.246. The number of H-pyrrole nitrogens is 1. The van der Waals surface area contributed by atoms with E-state index >= 15 is 0 Å². The molecule has 1 saturated carbocycles. The van der Waals surface area contributed by atoms with E-state index in [1.54, 1.807) is 7.11 Å². The molecule has 0 aliphatic heterocycles. The van der Waals surface area contributed by atoms with Crippen molar-refractivity contribution in [3.05, 3.63) is 21.7 Å². The van der Waals surface area contributed by atoms with Gasteiger partial charge in [-0.15, -0.1) is 0 Å². The summed E-state index contributed by atoms with van der Waals surface area (Å²) in [6.45, 7) is 4.05. The zero-order valence-corrected chi connectivity index (χ0v) is 11.6. The highest BCUT2D eigenvalue weighted by Gasteiger charge is 2.36. The summed E-state index contributed by atoms with van der Waals surface area (Å²) in [7, 11) is 1.78. The molecule has 1 heterocycles. The van der Waals surface area contributed by atoms with E-state index in [1.807, 2.05) is 13.8 Å². The molecule has 94 valence electrons. The first-order valence-corrected chi connectivity index (χ1v) is 6.63. The second-order valence-electron chi connectivity index (χ2n) is 4.90. The average Bonchev–Trinajstić information content (AvgIpc) is 2.36. The topological polar surface area (TPSA) is 37.9 Å². The second kappa shape index (κ2) is 4.86. The Bertz CT molecular complexity index is 461. The highest BCUT2D eigenvalue weighted by atomic mass is 32.1. The van der Waals surface area contributed by atoms with Crippen LogP contribution in [0.4, 0.5) is 0 Å². The molecule has 4 heteroatoms. The molecular weight excluding hydrogens is 232 g/mol. The van der Waals surface area contributed by atoms with Gasteiger partial charge in [0.25, 0.3) is 0 Å². The fourth-order valence-corrected chi connectivity index (χ4v) is 2.77. The fraction of sp³-hybridized carbons (Fsp3) is 0.692. The quantitative estimate of drug-likeness (QED) is 0.818. The van der Waals surface area contributed by atoms with E-state index in [0.717, 1.165) is 29.9 Å². The molecule has 0 radical (unpaired) electrons. The minimum atomic E-state index is -0.246. The normalized spacial score (nSPS) is 19.2. The van der Waals surface area contributed by atoms with Crippen molar-refractivity contribution in [3.63, 3.8) is 0 Å². The molecule has 1 aromatic heterocycles. The van der Waals surface area contributed by atoms with Crippen molar-refractivity contribution in [1.29, 1.82) is 0 Å². The van der Waals surface area contributed by atoms with Crippen molar-refractivity contribution in [1.82, 2.24) is 9.97 Å². The van der Waals surface area contributed by atoms with E-state index in [0.29, 0.717) is 4.64 Å².